The van der Waals surface area contributed by atoms with Crippen LogP contribution in [0.25, 0.3) is 0 Å². The lowest BCUT2D eigenvalue weighted by Gasteiger charge is -2.12. The standard InChI is InChI=1S/C10H13NO4S/c1-3-7(10(12)13)9-8(16(2,14)15)5-4-6-11-9/h4-7H,3H2,1-2H3,(H,12,13). The Balaban J connectivity index is 3.39. The minimum absolute atomic E-state index is 0.00995. The Morgan fingerprint density at radius 2 is 2.19 bits per heavy atom. The average molecular weight is 243 g/mol. The summed E-state index contributed by atoms with van der Waals surface area (Å²) in [7, 11) is -3.45. The van der Waals surface area contributed by atoms with Crippen molar-refractivity contribution in [3.8, 4) is 0 Å². The van der Waals surface area contributed by atoms with Gasteiger partial charge < -0.3 is 5.11 Å². The molecule has 0 saturated carbocycles. The highest BCUT2D eigenvalue weighted by molar-refractivity contribution is 7.90. The number of carbonyl (C=O) groups is 1. The molecule has 0 amide bonds. The third kappa shape index (κ3) is 2.57. The van der Waals surface area contributed by atoms with Crippen LogP contribution in [0, 0.1) is 0 Å². The number of aliphatic carboxylic acids is 1. The number of pyridine rings is 1. The van der Waals surface area contributed by atoms with E-state index in [0.717, 1.165) is 6.26 Å². The summed E-state index contributed by atoms with van der Waals surface area (Å²) in [4.78, 5) is 14.8. The van der Waals surface area contributed by atoms with Crippen molar-refractivity contribution in [1.29, 1.82) is 0 Å². The molecule has 1 unspecified atom stereocenters. The molecule has 1 aromatic heterocycles. The lowest BCUT2D eigenvalue weighted by Crippen LogP contribution is -2.16. The zero-order valence-electron chi connectivity index (χ0n) is 9.04. The molecule has 1 heterocycles. The molecule has 1 N–H and O–H groups in total. The molecule has 0 fully saturated rings. The summed E-state index contributed by atoms with van der Waals surface area (Å²) in [5, 5.41) is 8.98. The van der Waals surface area contributed by atoms with Crippen molar-refractivity contribution in [3.63, 3.8) is 0 Å². The van der Waals surface area contributed by atoms with E-state index in [1.165, 1.54) is 18.3 Å². The zero-order chi connectivity index (χ0) is 12.3. The van der Waals surface area contributed by atoms with E-state index in [0.29, 0.717) is 6.42 Å². The van der Waals surface area contributed by atoms with E-state index >= 15 is 0 Å². The van der Waals surface area contributed by atoms with E-state index in [1.54, 1.807) is 6.92 Å². The Bertz CT molecular complexity index is 495. The molecule has 0 aromatic carbocycles. The third-order valence-corrected chi connectivity index (χ3v) is 3.38. The first-order valence-corrected chi connectivity index (χ1v) is 6.64. The van der Waals surface area contributed by atoms with Gasteiger partial charge in [0.15, 0.2) is 9.84 Å². The molecule has 0 aliphatic carbocycles. The Kier molecular flexibility index (Phi) is 3.64. The SMILES string of the molecule is CCC(C(=O)O)c1ncccc1S(C)(=O)=O. The third-order valence-electron chi connectivity index (χ3n) is 2.24. The van der Waals surface area contributed by atoms with Gasteiger partial charge in [-0.1, -0.05) is 6.92 Å². The van der Waals surface area contributed by atoms with E-state index in [1.807, 2.05) is 0 Å². The highest BCUT2D eigenvalue weighted by atomic mass is 32.2. The van der Waals surface area contributed by atoms with E-state index < -0.39 is 21.7 Å². The van der Waals surface area contributed by atoms with Gasteiger partial charge in [-0.05, 0) is 18.6 Å². The minimum Gasteiger partial charge on any atom is -0.481 e. The Morgan fingerprint density at radius 3 is 2.62 bits per heavy atom. The smallest absolute Gasteiger partial charge is 0.312 e. The molecule has 0 spiro atoms. The first-order chi connectivity index (χ1) is 7.38. The summed E-state index contributed by atoms with van der Waals surface area (Å²) >= 11 is 0. The van der Waals surface area contributed by atoms with Crippen molar-refractivity contribution in [2.45, 2.75) is 24.2 Å². The fourth-order valence-corrected chi connectivity index (χ4v) is 2.36. The summed E-state index contributed by atoms with van der Waals surface area (Å²) in [5.74, 6) is -1.95. The van der Waals surface area contributed by atoms with Gasteiger partial charge in [0, 0.05) is 12.5 Å². The highest BCUT2D eigenvalue weighted by Gasteiger charge is 2.25. The van der Waals surface area contributed by atoms with Gasteiger partial charge in [0.2, 0.25) is 0 Å². The van der Waals surface area contributed by atoms with Gasteiger partial charge in [-0.15, -0.1) is 0 Å². The van der Waals surface area contributed by atoms with E-state index in [2.05, 4.69) is 4.98 Å². The normalized spacial score (nSPS) is 13.4. The van der Waals surface area contributed by atoms with Crippen molar-refractivity contribution >= 4 is 15.8 Å². The molecular weight excluding hydrogens is 230 g/mol. The summed E-state index contributed by atoms with van der Waals surface area (Å²) < 4.78 is 22.9. The maximum Gasteiger partial charge on any atom is 0.312 e. The number of hydrogen-bond acceptors (Lipinski definition) is 4. The predicted octanol–water partition coefficient (Wildman–Crippen LogP) is 1.06. The van der Waals surface area contributed by atoms with Crippen LogP contribution in [-0.4, -0.2) is 30.7 Å². The van der Waals surface area contributed by atoms with Gasteiger partial charge in [-0.25, -0.2) is 8.42 Å². The van der Waals surface area contributed by atoms with Crippen LogP contribution in [-0.2, 0) is 14.6 Å². The van der Waals surface area contributed by atoms with Gasteiger partial charge >= 0.3 is 5.97 Å². The second kappa shape index (κ2) is 4.61. The summed E-state index contributed by atoms with van der Waals surface area (Å²) in [6.07, 6.45) is 2.74. The van der Waals surface area contributed by atoms with Gasteiger partial charge in [-0.2, -0.15) is 0 Å². The number of aromatic nitrogens is 1. The second-order valence-electron chi connectivity index (χ2n) is 3.46. The monoisotopic (exact) mass is 243 g/mol. The van der Waals surface area contributed by atoms with Crippen molar-refractivity contribution in [2.75, 3.05) is 6.26 Å². The maximum atomic E-state index is 11.5. The first-order valence-electron chi connectivity index (χ1n) is 4.75. The molecule has 1 rings (SSSR count). The van der Waals surface area contributed by atoms with Crippen molar-refractivity contribution in [2.24, 2.45) is 0 Å². The summed E-state index contributed by atoms with van der Waals surface area (Å²) in [6.45, 7) is 1.68. The van der Waals surface area contributed by atoms with E-state index in [-0.39, 0.29) is 10.6 Å². The first kappa shape index (κ1) is 12.6. The Hall–Kier alpha value is -1.43. The van der Waals surface area contributed by atoms with E-state index in [4.69, 9.17) is 5.11 Å². The molecule has 16 heavy (non-hydrogen) atoms. The van der Waals surface area contributed by atoms with Crippen LogP contribution in [0.15, 0.2) is 23.2 Å². The minimum atomic E-state index is -3.45. The molecule has 0 aliphatic heterocycles. The molecule has 0 saturated heterocycles. The molecular formula is C10H13NO4S. The Labute approximate surface area is 94.1 Å². The van der Waals surface area contributed by atoms with Crippen LogP contribution < -0.4 is 0 Å². The molecule has 6 heteroatoms. The summed E-state index contributed by atoms with van der Waals surface area (Å²) in [5.41, 5.74) is 0.111. The van der Waals surface area contributed by atoms with Crippen LogP contribution in [0.3, 0.4) is 0 Å². The number of rotatable bonds is 4. The number of carboxylic acid groups (broad SMARTS) is 1. The average Bonchev–Trinajstić information content (AvgIpc) is 2.17. The predicted molar refractivity (Wildman–Crippen MR) is 58.0 cm³/mol. The van der Waals surface area contributed by atoms with Crippen LogP contribution in [0.1, 0.15) is 25.0 Å². The topological polar surface area (TPSA) is 84.3 Å². The molecule has 1 atom stereocenters. The van der Waals surface area contributed by atoms with Gasteiger partial charge in [0.1, 0.15) is 0 Å². The van der Waals surface area contributed by atoms with Crippen molar-refractivity contribution in [1.82, 2.24) is 4.98 Å². The number of nitrogens with zero attached hydrogens (tertiary/aromatic N) is 1. The number of sulfone groups is 1. The molecule has 1 aromatic rings. The Morgan fingerprint density at radius 1 is 1.56 bits per heavy atom. The van der Waals surface area contributed by atoms with E-state index in [9.17, 15) is 13.2 Å². The molecule has 88 valence electrons. The largest absolute Gasteiger partial charge is 0.481 e. The van der Waals surface area contributed by atoms with Crippen LogP contribution in [0.2, 0.25) is 0 Å². The van der Waals surface area contributed by atoms with Gasteiger partial charge in [-0.3, -0.25) is 9.78 Å². The van der Waals surface area contributed by atoms with Crippen LogP contribution in [0.4, 0.5) is 0 Å². The maximum absolute atomic E-state index is 11.5. The second-order valence-corrected chi connectivity index (χ2v) is 5.44. The fourth-order valence-electron chi connectivity index (χ4n) is 1.46. The van der Waals surface area contributed by atoms with Crippen LogP contribution in [0.5, 0.6) is 0 Å². The highest BCUT2D eigenvalue weighted by Crippen LogP contribution is 2.24. The van der Waals surface area contributed by atoms with Crippen molar-refractivity contribution < 1.29 is 18.3 Å². The molecule has 0 bridgehead atoms. The lowest BCUT2D eigenvalue weighted by atomic mass is 10.0. The van der Waals surface area contributed by atoms with Gasteiger partial charge in [0.25, 0.3) is 0 Å². The number of hydrogen-bond donors (Lipinski definition) is 1. The van der Waals surface area contributed by atoms with Crippen LogP contribution >= 0.6 is 0 Å². The number of carboxylic acids is 1. The fraction of sp³-hybridized carbons (Fsp3) is 0.400. The molecule has 5 nitrogen and oxygen atoms in total. The van der Waals surface area contributed by atoms with Gasteiger partial charge in [0.05, 0.1) is 16.5 Å². The molecule has 0 aliphatic rings. The molecule has 0 radical (unpaired) electrons. The summed E-state index contributed by atoms with van der Waals surface area (Å²) in [6, 6.07) is 2.86. The van der Waals surface area contributed by atoms with Crippen molar-refractivity contribution in [3.05, 3.63) is 24.0 Å². The zero-order valence-corrected chi connectivity index (χ0v) is 9.86. The quantitative estimate of drug-likeness (QED) is 0.854. The lowest BCUT2D eigenvalue weighted by molar-refractivity contribution is -0.139.